The Kier molecular flexibility index (Phi) is 8.38. The zero-order valence-electron chi connectivity index (χ0n) is 14.9. The number of aryl methyl sites for hydroxylation is 1. The van der Waals surface area contributed by atoms with Crippen LogP contribution in [0.5, 0.6) is 5.75 Å². The highest BCUT2D eigenvalue weighted by molar-refractivity contribution is 5.39. The van der Waals surface area contributed by atoms with Crippen molar-refractivity contribution in [3.05, 3.63) is 29.3 Å². The van der Waals surface area contributed by atoms with Crippen LogP contribution in [0.1, 0.15) is 50.7 Å². The van der Waals surface area contributed by atoms with E-state index in [1.54, 1.807) is 0 Å². The zero-order chi connectivity index (χ0) is 16.1. The standard InChI is InChI=1S/C19H31NO2.ClH/c1-14(2)18-8-7-15(3)10-19(18)22-13-17(21)12-20-9-5-6-16(4)11-20;/h7-8,10,14,16-17,21H,5-6,9,11-13H2,1-4H3;1H/p-1. The van der Waals surface area contributed by atoms with Crippen LogP contribution in [0.4, 0.5) is 0 Å². The first-order valence-electron chi connectivity index (χ1n) is 8.59. The van der Waals surface area contributed by atoms with Crippen LogP contribution < -0.4 is 17.1 Å². The van der Waals surface area contributed by atoms with Crippen molar-refractivity contribution in [1.82, 2.24) is 4.90 Å². The largest absolute Gasteiger partial charge is 1.00 e. The van der Waals surface area contributed by atoms with Gasteiger partial charge in [0.15, 0.2) is 0 Å². The van der Waals surface area contributed by atoms with Crippen molar-refractivity contribution in [3.8, 4) is 5.75 Å². The highest BCUT2D eigenvalue weighted by Crippen LogP contribution is 2.27. The van der Waals surface area contributed by atoms with Crippen LogP contribution >= 0.6 is 0 Å². The van der Waals surface area contributed by atoms with E-state index in [4.69, 9.17) is 4.74 Å². The molecule has 1 aliphatic heterocycles. The summed E-state index contributed by atoms with van der Waals surface area (Å²) >= 11 is 0. The monoisotopic (exact) mass is 340 g/mol. The highest BCUT2D eigenvalue weighted by atomic mass is 35.5. The van der Waals surface area contributed by atoms with E-state index in [-0.39, 0.29) is 12.4 Å². The highest BCUT2D eigenvalue weighted by Gasteiger charge is 2.19. The van der Waals surface area contributed by atoms with Crippen molar-refractivity contribution >= 4 is 0 Å². The van der Waals surface area contributed by atoms with E-state index in [9.17, 15) is 5.11 Å². The van der Waals surface area contributed by atoms with Crippen molar-refractivity contribution in [1.29, 1.82) is 0 Å². The van der Waals surface area contributed by atoms with E-state index in [0.29, 0.717) is 19.1 Å². The number of rotatable bonds is 6. The molecule has 2 rings (SSSR count). The van der Waals surface area contributed by atoms with Gasteiger partial charge >= 0.3 is 0 Å². The molecule has 0 aromatic heterocycles. The van der Waals surface area contributed by atoms with Gasteiger partial charge in [0.1, 0.15) is 18.5 Å². The number of halogens is 1. The molecule has 1 aromatic carbocycles. The second-order valence-corrected chi connectivity index (χ2v) is 7.17. The summed E-state index contributed by atoms with van der Waals surface area (Å²) in [4.78, 5) is 2.36. The van der Waals surface area contributed by atoms with Crippen LogP contribution in [0.2, 0.25) is 0 Å². The van der Waals surface area contributed by atoms with Crippen LogP contribution in [0.25, 0.3) is 0 Å². The Bertz CT molecular complexity index is 478. The molecule has 2 atom stereocenters. The number of β-amino-alcohol motifs (C(OH)–C–C–N with tert-alkyl or cyclic N) is 1. The number of aliphatic hydroxyl groups is 1. The van der Waals surface area contributed by atoms with Gasteiger partial charge in [-0.25, -0.2) is 0 Å². The van der Waals surface area contributed by atoms with E-state index >= 15 is 0 Å². The fourth-order valence-corrected chi connectivity index (χ4v) is 3.23. The Morgan fingerprint density at radius 1 is 1.35 bits per heavy atom. The van der Waals surface area contributed by atoms with Crippen molar-refractivity contribution < 1.29 is 22.3 Å². The van der Waals surface area contributed by atoms with Crippen molar-refractivity contribution in [2.24, 2.45) is 5.92 Å². The number of aliphatic hydroxyl groups excluding tert-OH is 1. The van der Waals surface area contributed by atoms with Crippen LogP contribution in [-0.2, 0) is 0 Å². The smallest absolute Gasteiger partial charge is 0.123 e. The molecular formula is C19H31ClNO2-. The Morgan fingerprint density at radius 3 is 2.74 bits per heavy atom. The van der Waals surface area contributed by atoms with Crippen LogP contribution in [0, 0.1) is 12.8 Å². The quantitative estimate of drug-likeness (QED) is 0.823. The molecule has 1 aromatic rings. The molecule has 1 aliphatic rings. The molecule has 0 spiro atoms. The summed E-state index contributed by atoms with van der Waals surface area (Å²) in [5.41, 5.74) is 2.41. The first-order valence-corrected chi connectivity index (χ1v) is 8.59. The number of nitrogens with zero attached hydrogens (tertiary/aromatic N) is 1. The molecule has 0 aliphatic carbocycles. The molecule has 23 heavy (non-hydrogen) atoms. The lowest BCUT2D eigenvalue weighted by molar-refractivity contribution is -0.00000777. The lowest BCUT2D eigenvalue weighted by Crippen LogP contribution is -3.00. The van der Waals surface area contributed by atoms with Crippen molar-refractivity contribution in [3.63, 3.8) is 0 Å². The van der Waals surface area contributed by atoms with Gasteiger partial charge < -0.3 is 27.2 Å². The third-order valence-corrected chi connectivity index (χ3v) is 4.43. The van der Waals surface area contributed by atoms with Gasteiger partial charge in [0.2, 0.25) is 0 Å². The van der Waals surface area contributed by atoms with Crippen LogP contribution in [0.15, 0.2) is 18.2 Å². The second kappa shape index (κ2) is 9.51. The summed E-state index contributed by atoms with van der Waals surface area (Å²) in [6.07, 6.45) is 2.12. The molecule has 132 valence electrons. The average Bonchev–Trinajstić information content (AvgIpc) is 2.45. The number of hydrogen-bond donors (Lipinski definition) is 1. The zero-order valence-corrected chi connectivity index (χ0v) is 15.6. The Labute approximate surface area is 147 Å². The van der Waals surface area contributed by atoms with Crippen molar-refractivity contribution in [2.45, 2.75) is 52.6 Å². The minimum absolute atomic E-state index is 0. The molecule has 2 unspecified atom stereocenters. The first-order chi connectivity index (χ1) is 10.5. The maximum atomic E-state index is 10.3. The molecule has 4 heteroatoms. The number of ether oxygens (including phenoxy) is 1. The number of piperidine rings is 1. The van der Waals surface area contributed by atoms with Gasteiger partial charge in [-0.2, -0.15) is 0 Å². The summed E-state index contributed by atoms with van der Waals surface area (Å²) in [6.45, 7) is 12.0. The molecular weight excluding hydrogens is 310 g/mol. The topological polar surface area (TPSA) is 32.7 Å². The summed E-state index contributed by atoms with van der Waals surface area (Å²) in [7, 11) is 0. The summed E-state index contributed by atoms with van der Waals surface area (Å²) in [5, 5.41) is 10.3. The number of hydrogen-bond acceptors (Lipinski definition) is 3. The molecule has 1 fully saturated rings. The Balaban J connectivity index is 0.00000264. The molecule has 1 saturated heterocycles. The van der Waals surface area contributed by atoms with Gasteiger partial charge in [-0.3, -0.25) is 0 Å². The molecule has 0 bridgehead atoms. The van der Waals surface area contributed by atoms with Gasteiger partial charge in [-0.15, -0.1) is 0 Å². The lowest BCUT2D eigenvalue weighted by atomic mass is 10.00. The van der Waals surface area contributed by atoms with Crippen molar-refractivity contribution in [2.75, 3.05) is 26.2 Å². The molecule has 0 radical (unpaired) electrons. The fourth-order valence-electron chi connectivity index (χ4n) is 3.23. The van der Waals surface area contributed by atoms with E-state index in [0.717, 1.165) is 24.8 Å². The third kappa shape index (κ3) is 6.33. The van der Waals surface area contributed by atoms with E-state index in [1.807, 2.05) is 0 Å². The SMILES string of the molecule is Cc1ccc(C(C)C)c(OCC(O)CN2CCCC(C)C2)c1.[Cl-]. The van der Waals surface area contributed by atoms with Gasteiger partial charge in [-0.05, 0) is 55.3 Å². The van der Waals surface area contributed by atoms with Gasteiger partial charge in [-0.1, -0.05) is 32.9 Å². The predicted octanol–water partition coefficient (Wildman–Crippen LogP) is 0.594. The molecule has 0 saturated carbocycles. The molecule has 0 amide bonds. The van der Waals surface area contributed by atoms with E-state index < -0.39 is 6.10 Å². The predicted molar refractivity (Wildman–Crippen MR) is 91.6 cm³/mol. The Hall–Kier alpha value is -0.770. The average molecular weight is 341 g/mol. The maximum Gasteiger partial charge on any atom is 0.123 e. The Morgan fingerprint density at radius 2 is 2.09 bits per heavy atom. The molecule has 1 N–H and O–H groups in total. The first kappa shape index (κ1) is 20.3. The summed E-state index contributed by atoms with van der Waals surface area (Å²) < 4.78 is 5.93. The maximum absolute atomic E-state index is 10.3. The lowest BCUT2D eigenvalue weighted by Gasteiger charge is -2.32. The fraction of sp³-hybridized carbons (Fsp3) is 0.684. The van der Waals surface area contributed by atoms with Gasteiger partial charge in [0, 0.05) is 13.1 Å². The summed E-state index contributed by atoms with van der Waals surface area (Å²) in [5.74, 6) is 2.09. The van der Waals surface area contributed by atoms with Crippen LogP contribution in [0.3, 0.4) is 0 Å². The van der Waals surface area contributed by atoms with Gasteiger partial charge in [0.05, 0.1) is 0 Å². The van der Waals surface area contributed by atoms with E-state index in [1.165, 1.54) is 24.0 Å². The summed E-state index contributed by atoms with van der Waals surface area (Å²) in [6, 6.07) is 6.33. The molecule has 1 heterocycles. The third-order valence-electron chi connectivity index (χ3n) is 4.43. The van der Waals surface area contributed by atoms with Crippen LogP contribution in [-0.4, -0.2) is 42.4 Å². The van der Waals surface area contributed by atoms with Gasteiger partial charge in [0.25, 0.3) is 0 Å². The minimum Gasteiger partial charge on any atom is -1.00 e. The van der Waals surface area contributed by atoms with E-state index in [2.05, 4.69) is 50.8 Å². The minimum atomic E-state index is -0.425. The normalized spacial score (nSPS) is 20.2. The number of benzene rings is 1. The number of likely N-dealkylation sites (tertiary alicyclic amines) is 1. The molecule has 3 nitrogen and oxygen atoms in total. The second-order valence-electron chi connectivity index (χ2n) is 7.17.